The molecule has 0 unspecified atom stereocenters. The SMILES string of the molecule is NC(=O)c1nnc(-c2c(F)cccc2F)cc1Nc1cnn(CC2CNC2)c1. The standard InChI is InChI=1S/C18H17F2N7O/c19-12-2-1-3-13(20)16(12)14-4-15(17(18(21)28)26-25-14)24-11-7-23-27(9-11)8-10-5-22-6-10/h1-4,7,9-10,22H,5-6,8H2,(H2,21,28)(H,24,25). The van der Waals surface area contributed by atoms with Crippen molar-refractivity contribution in [3.8, 4) is 11.3 Å². The summed E-state index contributed by atoms with van der Waals surface area (Å²) in [6, 6.07) is 4.83. The van der Waals surface area contributed by atoms with Crippen molar-refractivity contribution in [2.24, 2.45) is 11.7 Å². The number of nitrogens with two attached hydrogens (primary N) is 1. The van der Waals surface area contributed by atoms with Gasteiger partial charge >= 0.3 is 0 Å². The Morgan fingerprint density at radius 2 is 2.04 bits per heavy atom. The van der Waals surface area contributed by atoms with E-state index in [-0.39, 0.29) is 22.6 Å². The van der Waals surface area contributed by atoms with Gasteiger partial charge in [-0.05, 0) is 18.2 Å². The molecule has 0 aliphatic carbocycles. The summed E-state index contributed by atoms with van der Waals surface area (Å²) in [4.78, 5) is 11.7. The van der Waals surface area contributed by atoms with Crippen LogP contribution in [0.2, 0.25) is 0 Å². The molecule has 144 valence electrons. The zero-order valence-electron chi connectivity index (χ0n) is 14.7. The molecule has 4 rings (SSSR count). The van der Waals surface area contributed by atoms with Gasteiger partial charge in [0.05, 0.1) is 23.1 Å². The smallest absolute Gasteiger partial charge is 0.271 e. The third kappa shape index (κ3) is 3.54. The molecule has 0 radical (unpaired) electrons. The fourth-order valence-electron chi connectivity index (χ4n) is 2.96. The number of carbonyl (C=O) groups excluding carboxylic acids is 1. The lowest BCUT2D eigenvalue weighted by Crippen LogP contribution is -2.44. The molecule has 1 fully saturated rings. The lowest BCUT2D eigenvalue weighted by molar-refractivity contribution is 0.0995. The first kappa shape index (κ1) is 18.0. The first-order chi connectivity index (χ1) is 13.5. The minimum absolute atomic E-state index is 0.0592. The fraction of sp³-hybridized carbons (Fsp3) is 0.222. The number of anilines is 2. The van der Waals surface area contributed by atoms with E-state index in [1.54, 1.807) is 17.1 Å². The summed E-state index contributed by atoms with van der Waals surface area (Å²) in [7, 11) is 0. The molecule has 4 N–H and O–H groups in total. The van der Waals surface area contributed by atoms with Gasteiger partial charge in [0.15, 0.2) is 5.69 Å². The van der Waals surface area contributed by atoms with Crippen molar-refractivity contribution >= 4 is 17.3 Å². The van der Waals surface area contributed by atoms with Gasteiger partial charge in [0.1, 0.15) is 17.3 Å². The molecule has 0 saturated carbocycles. The zero-order chi connectivity index (χ0) is 19.7. The number of rotatable bonds is 6. The van der Waals surface area contributed by atoms with Gasteiger partial charge < -0.3 is 16.4 Å². The lowest BCUT2D eigenvalue weighted by atomic mass is 10.0. The number of primary amides is 1. The van der Waals surface area contributed by atoms with E-state index in [2.05, 4.69) is 25.9 Å². The summed E-state index contributed by atoms with van der Waals surface area (Å²) in [5, 5.41) is 18.0. The van der Waals surface area contributed by atoms with Crippen molar-refractivity contribution in [1.29, 1.82) is 0 Å². The van der Waals surface area contributed by atoms with Crippen molar-refractivity contribution < 1.29 is 13.6 Å². The summed E-state index contributed by atoms with van der Waals surface area (Å²) >= 11 is 0. The van der Waals surface area contributed by atoms with E-state index in [1.165, 1.54) is 12.1 Å². The van der Waals surface area contributed by atoms with Crippen molar-refractivity contribution in [2.75, 3.05) is 18.4 Å². The van der Waals surface area contributed by atoms with E-state index in [1.807, 2.05) is 0 Å². The molecule has 1 aliphatic rings. The molecular weight excluding hydrogens is 368 g/mol. The van der Waals surface area contributed by atoms with Crippen LogP contribution < -0.4 is 16.4 Å². The van der Waals surface area contributed by atoms with Crippen LogP contribution in [0.25, 0.3) is 11.3 Å². The van der Waals surface area contributed by atoms with E-state index >= 15 is 0 Å². The molecule has 0 atom stereocenters. The molecule has 0 bridgehead atoms. The van der Waals surface area contributed by atoms with Crippen molar-refractivity contribution in [1.82, 2.24) is 25.3 Å². The van der Waals surface area contributed by atoms with Crippen LogP contribution >= 0.6 is 0 Å². The van der Waals surface area contributed by atoms with Crippen LogP contribution in [-0.4, -0.2) is 39.0 Å². The normalized spacial score (nSPS) is 13.9. The van der Waals surface area contributed by atoms with Gasteiger partial charge in [-0.1, -0.05) is 6.07 Å². The van der Waals surface area contributed by atoms with Gasteiger partial charge in [-0.15, -0.1) is 10.2 Å². The van der Waals surface area contributed by atoms with Crippen molar-refractivity contribution in [3.63, 3.8) is 0 Å². The molecule has 3 aromatic rings. The van der Waals surface area contributed by atoms with Crippen LogP contribution in [0.3, 0.4) is 0 Å². The molecule has 1 amide bonds. The van der Waals surface area contributed by atoms with E-state index in [0.717, 1.165) is 31.8 Å². The molecule has 1 aromatic carbocycles. The average molecular weight is 385 g/mol. The summed E-state index contributed by atoms with van der Waals surface area (Å²) in [6.07, 6.45) is 3.35. The van der Waals surface area contributed by atoms with E-state index in [4.69, 9.17) is 5.73 Å². The number of aromatic nitrogens is 4. The van der Waals surface area contributed by atoms with Crippen LogP contribution in [0.15, 0.2) is 36.7 Å². The largest absolute Gasteiger partial charge is 0.364 e. The number of halogens is 2. The molecule has 28 heavy (non-hydrogen) atoms. The maximum Gasteiger partial charge on any atom is 0.271 e. The Kier molecular flexibility index (Phi) is 4.70. The predicted molar refractivity (Wildman–Crippen MR) is 97.8 cm³/mol. The van der Waals surface area contributed by atoms with E-state index in [9.17, 15) is 13.6 Å². The molecule has 3 heterocycles. The maximum atomic E-state index is 14.1. The average Bonchev–Trinajstić information content (AvgIpc) is 3.05. The van der Waals surface area contributed by atoms with Gasteiger partial charge in [0, 0.05) is 31.7 Å². The number of amides is 1. The predicted octanol–water partition coefficient (Wildman–Crippen LogP) is 1.68. The second-order valence-electron chi connectivity index (χ2n) is 6.55. The van der Waals surface area contributed by atoms with Crippen LogP contribution in [0.5, 0.6) is 0 Å². The third-order valence-electron chi connectivity index (χ3n) is 4.47. The number of nitrogens with zero attached hydrogens (tertiary/aromatic N) is 4. The van der Waals surface area contributed by atoms with Crippen molar-refractivity contribution in [2.45, 2.75) is 6.54 Å². The summed E-state index contributed by atoms with van der Waals surface area (Å²) in [6.45, 7) is 2.65. The minimum atomic E-state index is -0.816. The summed E-state index contributed by atoms with van der Waals surface area (Å²) in [5.74, 6) is -1.86. The topological polar surface area (TPSA) is 111 Å². The molecular formula is C18H17F2N7O. The first-order valence-electron chi connectivity index (χ1n) is 8.63. The summed E-state index contributed by atoms with van der Waals surface area (Å²) in [5.41, 5.74) is 5.59. The molecule has 10 heteroatoms. The van der Waals surface area contributed by atoms with E-state index < -0.39 is 17.5 Å². The Hall–Kier alpha value is -3.40. The Bertz CT molecular complexity index is 1010. The Balaban J connectivity index is 1.66. The number of nitrogens with one attached hydrogen (secondary N) is 2. The molecule has 8 nitrogen and oxygen atoms in total. The molecule has 1 aliphatic heterocycles. The Labute approximate surface area is 158 Å². The highest BCUT2D eigenvalue weighted by atomic mass is 19.1. The van der Waals surface area contributed by atoms with Crippen LogP contribution in [0, 0.1) is 17.6 Å². The second-order valence-corrected chi connectivity index (χ2v) is 6.55. The van der Waals surface area contributed by atoms with Crippen LogP contribution in [0.1, 0.15) is 10.5 Å². The fourth-order valence-corrected chi connectivity index (χ4v) is 2.96. The van der Waals surface area contributed by atoms with Gasteiger partial charge in [0.25, 0.3) is 5.91 Å². The van der Waals surface area contributed by atoms with Gasteiger partial charge in [-0.3, -0.25) is 9.48 Å². The molecule has 0 spiro atoms. The number of hydrogen-bond acceptors (Lipinski definition) is 6. The van der Waals surface area contributed by atoms with Gasteiger partial charge in [-0.2, -0.15) is 5.10 Å². The minimum Gasteiger partial charge on any atom is -0.364 e. The zero-order valence-corrected chi connectivity index (χ0v) is 14.7. The monoisotopic (exact) mass is 385 g/mol. The maximum absolute atomic E-state index is 14.1. The number of hydrogen-bond donors (Lipinski definition) is 3. The van der Waals surface area contributed by atoms with E-state index in [0.29, 0.717) is 11.6 Å². The van der Waals surface area contributed by atoms with Crippen molar-refractivity contribution in [3.05, 3.63) is 54.0 Å². The molecule has 2 aromatic heterocycles. The number of carbonyl (C=O) groups is 1. The quantitative estimate of drug-likeness (QED) is 0.595. The first-order valence-corrected chi connectivity index (χ1v) is 8.63. The Morgan fingerprint density at radius 1 is 1.29 bits per heavy atom. The highest BCUT2D eigenvalue weighted by molar-refractivity contribution is 5.97. The van der Waals surface area contributed by atoms with Gasteiger partial charge in [-0.25, -0.2) is 8.78 Å². The third-order valence-corrected chi connectivity index (χ3v) is 4.47. The van der Waals surface area contributed by atoms with Crippen LogP contribution in [0.4, 0.5) is 20.2 Å². The summed E-state index contributed by atoms with van der Waals surface area (Å²) < 4.78 is 29.9. The lowest BCUT2D eigenvalue weighted by Gasteiger charge is -2.26. The van der Waals surface area contributed by atoms with Gasteiger partial charge in [0.2, 0.25) is 0 Å². The second kappa shape index (κ2) is 7.31. The number of benzene rings is 1. The highest BCUT2D eigenvalue weighted by Gasteiger charge is 2.20. The van der Waals surface area contributed by atoms with Crippen LogP contribution in [-0.2, 0) is 6.54 Å². The highest BCUT2D eigenvalue weighted by Crippen LogP contribution is 2.28. The Morgan fingerprint density at radius 3 is 2.68 bits per heavy atom. The molecule has 1 saturated heterocycles.